The summed E-state index contributed by atoms with van der Waals surface area (Å²) >= 11 is 3.20. The maximum atomic E-state index is 12.6. The van der Waals surface area contributed by atoms with Gasteiger partial charge in [0.1, 0.15) is 5.82 Å². The highest BCUT2D eigenvalue weighted by atomic mass is 79.9. The van der Waals surface area contributed by atoms with E-state index >= 15 is 0 Å². The molecule has 13 heavy (non-hydrogen) atoms. The first-order valence-electron chi connectivity index (χ1n) is 3.72. The van der Waals surface area contributed by atoms with Crippen LogP contribution in [-0.4, -0.2) is 9.97 Å². The molecule has 1 aromatic heterocycles. The van der Waals surface area contributed by atoms with Crippen molar-refractivity contribution >= 4 is 15.9 Å². The summed E-state index contributed by atoms with van der Waals surface area (Å²) in [6.45, 7) is 0. The maximum Gasteiger partial charge on any atom is 0.174 e. The molecule has 2 nitrogen and oxygen atoms in total. The minimum Gasteiger partial charge on any atom is -0.333 e. The van der Waals surface area contributed by atoms with E-state index in [1.807, 2.05) is 0 Å². The Morgan fingerprint density at radius 3 is 2.46 bits per heavy atom. The molecule has 0 bridgehead atoms. The lowest BCUT2D eigenvalue weighted by atomic mass is 10.2. The third kappa shape index (κ3) is 1.78. The monoisotopic (exact) mass is 240 g/mol. The summed E-state index contributed by atoms with van der Waals surface area (Å²) in [5, 5.41) is 0. The smallest absolute Gasteiger partial charge is 0.174 e. The van der Waals surface area contributed by atoms with E-state index in [1.165, 1.54) is 12.1 Å². The fraction of sp³-hybridized carbons (Fsp3) is 0. The zero-order chi connectivity index (χ0) is 9.26. The fourth-order valence-electron chi connectivity index (χ4n) is 1.07. The molecule has 0 radical (unpaired) electrons. The van der Waals surface area contributed by atoms with Crippen LogP contribution >= 0.6 is 15.9 Å². The number of aromatic nitrogens is 2. The second-order valence-corrected chi connectivity index (χ2v) is 3.35. The van der Waals surface area contributed by atoms with E-state index < -0.39 is 0 Å². The van der Waals surface area contributed by atoms with Gasteiger partial charge in [0.25, 0.3) is 0 Å². The molecule has 1 heterocycles. The zero-order valence-corrected chi connectivity index (χ0v) is 8.18. The number of H-pyrrole nitrogens is 1. The van der Waals surface area contributed by atoms with E-state index in [0.717, 1.165) is 11.3 Å². The van der Waals surface area contributed by atoms with Gasteiger partial charge in [0.05, 0.1) is 11.9 Å². The molecular weight excluding hydrogens is 235 g/mol. The first-order valence-corrected chi connectivity index (χ1v) is 4.51. The molecule has 0 atom stereocenters. The normalized spacial score (nSPS) is 10.3. The molecule has 1 aromatic carbocycles. The lowest BCUT2D eigenvalue weighted by Gasteiger charge is -1.95. The number of nitrogens with one attached hydrogen (secondary N) is 1. The van der Waals surface area contributed by atoms with E-state index in [9.17, 15) is 4.39 Å². The third-order valence-corrected chi connectivity index (χ3v) is 2.10. The van der Waals surface area contributed by atoms with Gasteiger partial charge in [0.2, 0.25) is 0 Å². The van der Waals surface area contributed by atoms with Crippen LogP contribution in [0, 0.1) is 5.82 Å². The minimum atomic E-state index is -0.234. The van der Waals surface area contributed by atoms with Gasteiger partial charge >= 0.3 is 0 Å². The average molecular weight is 241 g/mol. The summed E-state index contributed by atoms with van der Waals surface area (Å²) in [6, 6.07) is 6.25. The zero-order valence-electron chi connectivity index (χ0n) is 6.59. The van der Waals surface area contributed by atoms with Crippen molar-refractivity contribution in [1.82, 2.24) is 9.97 Å². The summed E-state index contributed by atoms with van der Waals surface area (Å²) in [4.78, 5) is 6.98. The first-order chi connectivity index (χ1) is 6.25. The molecule has 4 heteroatoms. The molecule has 0 aliphatic heterocycles. The molecule has 0 aliphatic carbocycles. The highest BCUT2D eigenvalue weighted by Crippen LogP contribution is 2.18. The number of benzene rings is 1. The predicted molar refractivity (Wildman–Crippen MR) is 51.7 cm³/mol. The van der Waals surface area contributed by atoms with Gasteiger partial charge in [-0.15, -0.1) is 0 Å². The van der Waals surface area contributed by atoms with Crippen molar-refractivity contribution in [3.63, 3.8) is 0 Å². The van der Waals surface area contributed by atoms with Gasteiger partial charge in [-0.2, -0.15) is 0 Å². The van der Waals surface area contributed by atoms with Crippen molar-refractivity contribution in [2.24, 2.45) is 0 Å². The van der Waals surface area contributed by atoms with Crippen LogP contribution in [0.5, 0.6) is 0 Å². The van der Waals surface area contributed by atoms with Crippen LogP contribution in [-0.2, 0) is 0 Å². The maximum absolute atomic E-state index is 12.6. The number of halogens is 2. The van der Waals surface area contributed by atoms with Gasteiger partial charge < -0.3 is 4.98 Å². The second-order valence-electron chi connectivity index (χ2n) is 2.59. The molecule has 2 aromatic rings. The van der Waals surface area contributed by atoms with Crippen molar-refractivity contribution in [3.8, 4) is 11.3 Å². The Labute approximate surface area is 83.0 Å². The average Bonchev–Trinajstić information content (AvgIpc) is 2.53. The molecule has 1 N–H and O–H groups in total. The van der Waals surface area contributed by atoms with Crippen LogP contribution in [0.3, 0.4) is 0 Å². The van der Waals surface area contributed by atoms with E-state index in [0.29, 0.717) is 4.73 Å². The summed E-state index contributed by atoms with van der Waals surface area (Å²) in [7, 11) is 0. The number of aromatic amines is 1. The Hall–Kier alpha value is -1.16. The van der Waals surface area contributed by atoms with Gasteiger partial charge in [-0.1, -0.05) is 0 Å². The van der Waals surface area contributed by atoms with Gasteiger partial charge in [-0.25, -0.2) is 9.37 Å². The van der Waals surface area contributed by atoms with Gasteiger partial charge in [-0.05, 0) is 45.8 Å². The largest absolute Gasteiger partial charge is 0.333 e. The molecule has 66 valence electrons. The topological polar surface area (TPSA) is 28.7 Å². The van der Waals surface area contributed by atoms with Crippen LogP contribution in [0.25, 0.3) is 11.3 Å². The number of nitrogens with zero attached hydrogens (tertiary/aromatic N) is 1. The van der Waals surface area contributed by atoms with Crippen LogP contribution in [0.4, 0.5) is 4.39 Å². The Bertz CT molecular complexity index is 408. The Balaban J connectivity index is 2.41. The summed E-state index contributed by atoms with van der Waals surface area (Å²) in [5.74, 6) is -0.234. The van der Waals surface area contributed by atoms with Gasteiger partial charge in [-0.3, -0.25) is 0 Å². The highest BCUT2D eigenvalue weighted by Gasteiger charge is 2.00. The van der Waals surface area contributed by atoms with Crippen molar-refractivity contribution in [1.29, 1.82) is 0 Å². The number of imidazole rings is 1. The minimum absolute atomic E-state index is 0.234. The summed E-state index contributed by atoms with van der Waals surface area (Å²) in [6.07, 6.45) is 1.69. The number of hydrogen-bond acceptors (Lipinski definition) is 1. The Morgan fingerprint density at radius 2 is 1.92 bits per heavy atom. The molecule has 0 spiro atoms. The SMILES string of the molecule is Fc1ccc(-c2cnc(Br)[nH]2)cc1. The standard InChI is InChI=1S/C9H6BrFN2/c10-9-12-5-8(13-9)6-1-3-7(11)4-2-6/h1-5H,(H,12,13). The van der Waals surface area contributed by atoms with Gasteiger partial charge in [0, 0.05) is 0 Å². The van der Waals surface area contributed by atoms with E-state index in [4.69, 9.17) is 0 Å². The lowest BCUT2D eigenvalue weighted by molar-refractivity contribution is 0.628. The van der Waals surface area contributed by atoms with Crippen molar-refractivity contribution in [3.05, 3.63) is 41.0 Å². The van der Waals surface area contributed by atoms with Crippen LogP contribution in [0.1, 0.15) is 0 Å². The molecule has 0 aliphatic rings. The summed E-state index contributed by atoms with van der Waals surface area (Å²) < 4.78 is 13.2. The second kappa shape index (κ2) is 3.30. The van der Waals surface area contributed by atoms with Crippen molar-refractivity contribution in [2.45, 2.75) is 0 Å². The van der Waals surface area contributed by atoms with Crippen LogP contribution in [0.15, 0.2) is 35.2 Å². The molecular formula is C9H6BrFN2. The number of hydrogen-bond donors (Lipinski definition) is 1. The van der Waals surface area contributed by atoms with Crippen LogP contribution in [0.2, 0.25) is 0 Å². The molecule has 0 amide bonds. The highest BCUT2D eigenvalue weighted by molar-refractivity contribution is 9.10. The van der Waals surface area contributed by atoms with Gasteiger partial charge in [0.15, 0.2) is 4.73 Å². The van der Waals surface area contributed by atoms with E-state index in [1.54, 1.807) is 18.3 Å². The quantitative estimate of drug-likeness (QED) is 0.816. The van der Waals surface area contributed by atoms with E-state index in [-0.39, 0.29) is 5.82 Å². The molecule has 0 saturated carbocycles. The lowest BCUT2D eigenvalue weighted by Crippen LogP contribution is -1.77. The summed E-state index contributed by atoms with van der Waals surface area (Å²) in [5.41, 5.74) is 1.78. The Kier molecular flexibility index (Phi) is 2.14. The number of rotatable bonds is 1. The molecule has 0 fully saturated rings. The van der Waals surface area contributed by atoms with E-state index in [2.05, 4.69) is 25.9 Å². The third-order valence-electron chi connectivity index (χ3n) is 1.70. The van der Waals surface area contributed by atoms with Crippen LogP contribution < -0.4 is 0 Å². The predicted octanol–water partition coefficient (Wildman–Crippen LogP) is 2.98. The Morgan fingerprint density at radius 1 is 1.23 bits per heavy atom. The van der Waals surface area contributed by atoms with Crippen molar-refractivity contribution < 1.29 is 4.39 Å². The molecule has 2 rings (SSSR count). The first kappa shape index (κ1) is 8.44. The van der Waals surface area contributed by atoms with Crippen molar-refractivity contribution in [2.75, 3.05) is 0 Å². The molecule has 0 saturated heterocycles. The molecule has 0 unspecified atom stereocenters. The fourth-order valence-corrected chi connectivity index (χ4v) is 1.39.